The molecule has 0 saturated carbocycles. The minimum atomic E-state index is 0. The van der Waals surface area contributed by atoms with Gasteiger partial charge in [-0.25, -0.2) is 0 Å². The molecule has 1 rings (SSSR count). The molecule has 1 fully saturated rings. The first kappa shape index (κ1) is 12.1. The van der Waals surface area contributed by atoms with Gasteiger partial charge in [-0.2, -0.15) is 0 Å². The van der Waals surface area contributed by atoms with Gasteiger partial charge < -0.3 is 35.1 Å². The number of hydrogen-bond donors (Lipinski definition) is 1. The van der Waals surface area contributed by atoms with Gasteiger partial charge in [0.2, 0.25) is 0 Å². The number of nitrogens with one attached hydrogen (secondary N) is 1. The Morgan fingerprint density at radius 2 is 2.09 bits per heavy atom. The molecule has 0 aliphatic carbocycles. The Bertz CT molecular complexity index is 124. The molecule has 1 saturated heterocycles. The summed E-state index contributed by atoms with van der Waals surface area (Å²) in [7, 11) is 0. The molecule has 0 radical (unpaired) electrons. The van der Waals surface area contributed by atoms with Crippen LogP contribution in [0.25, 0.3) is 0 Å². The number of hydrogen-bond acceptors (Lipinski definition) is 3. The van der Waals surface area contributed by atoms with E-state index in [1.807, 2.05) is 0 Å². The van der Waals surface area contributed by atoms with Gasteiger partial charge in [0.25, 0.3) is 0 Å². The fourth-order valence-corrected chi connectivity index (χ4v) is 1.39. The molecule has 1 aliphatic rings. The zero-order valence-electron chi connectivity index (χ0n) is 6.80. The first-order chi connectivity index (χ1) is 4.80. The maximum atomic E-state index is 4.89. The molecule has 1 aliphatic heterocycles. The molecule has 0 spiro atoms. The van der Waals surface area contributed by atoms with Crippen molar-refractivity contribution in [1.82, 2.24) is 10.2 Å². The van der Waals surface area contributed by atoms with E-state index in [9.17, 15) is 0 Å². The third kappa shape index (κ3) is 4.60. The molecule has 2 nitrogen and oxygen atoms in total. The van der Waals surface area contributed by atoms with E-state index in [4.69, 9.17) is 24.8 Å². The second kappa shape index (κ2) is 6.57. The van der Waals surface area contributed by atoms with Crippen molar-refractivity contribution in [3.8, 4) is 0 Å². The summed E-state index contributed by atoms with van der Waals surface area (Å²) < 4.78 is 0.615. The minimum absolute atomic E-state index is 0. The Hall–Kier alpha value is 1.07. The average molecular weight is 198 g/mol. The smallest absolute Gasteiger partial charge is 0.411 e. The van der Waals surface area contributed by atoms with Gasteiger partial charge in [-0.1, -0.05) is 4.32 Å². The second-order valence-corrected chi connectivity index (χ2v) is 3.39. The molecule has 0 atom stereocenters. The van der Waals surface area contributed by atoms with Crippen LogP contribution in [0.2, 0.25) is 0 Å². The van der Waals surface area contributed by atoms with Crippen molar-refractivity contribution < 1.29 is 29.6 Å². The quantitative estimate of drug-likeness (QED) is 0.255. The van der Waals surface area contributed by atoms with Gasteiger partial charge in [0, 0.05) is 19.6 Å². The van der Waals surface area contributed by atoms with Crippen molar-refractivity contribution in [3.05, 3.63) is 0 Å². The largest absolute Gasteiger partial charge is 1.00 e. The maximum absolute atomic E-state index is 4.89. The molecule has 0 unspecified atom stereocenters. The Morgan fingerprint density at radius 1 is 1.36 bits per heavy atom. The molecule has 11 heavy (non-hydrogen) atoms. The zero-order chi connectivity index (χ0) is 7.40. The summed E-state index contributed by atoms with van der Waals surface area (Å²) in [5.74, 6) is 0. The van der Waals surface area contributed by atoms with Gasteiger partial charge >= 0.3 is 29.6 Å². The summed E-state index contributed by atoms with van der Waals surface area (Å²) in [5, 5.41) is 3.28. The Kier molecular flexibility index (Phi) is 7.21. The fourth-order valence-electron chi connectivity index (χ4n) is 1.03. The third-order valence-electron chi connectivity index (χ3n) is 1.60. The van der Waals surface area contributed by atoms with Crippen molar-refractivity contribution in [3.63, 3.8) is 0 Å². The minimum Gasteiger partial charge on any atom is -0.411 e. The van der Waals surface area contributed by atoms with E-state index >= 15 is 0 Å². The molecule has 1 N–H and O–H groups in total. The molecular formula is C6H11N2NaS2. The van der Waals surface area contributed by atoms with Crippen molar-refractivity contribution in [2.75, 3.05) is 26.2 Å². The normalized spacial score (nSPS) is 18.4. The predicted molar refractivity (Wildman–Crippen MR) is 49.0 cm³/mol. The van der Waals surface area contributed by atoms with Crippen LogP contribution in [0.15, 0.2) is 0 Å². The Balaban J connectivity index is 0.000001000. The first-order valence-electron chi connectivity index (χ1n) is 3.47. The van der Waals surface area contributed by atoms with Crippen LogP contribution in [-0.4, -0.2) is 35.4 Å². The van der Waals surface area contributed by atoms with Crippen LogP contribution in [0, 0.1) is 0 Å². The Morgan fingerprint density at radius 3 is 2.73 bits per heavy atom. The van der Waals surface area contributed by atoms with Crippen LogP contribution in [0.5, 0.6) is 0 Å². The molecule has 0 amide bonds. The van der Waals surface area contributed by atoms with Crippen LogP contribution in [-0.2, 0) is 12.6 Å². The van der Waals surface area contributed by atoms with E-state index in [1.54, 1.807) is 0 Å². The van der Waals surface area contributed by atoms with Crippen LogP contribution in [0.4, 0.5) is 0 Å². The summed E-state index contributed by atoms with van der Waals surface area (Å²) in [4.78, 5) is 2.07. The van der Waals surface area contributed by atoms with Gasteiger partial charge in [0.1, 0.15) is 0 Å². The number of rotatable bonds is 0. The molecule has 1 heterocycles. The predicted octanol–water partition coefficient (Wildman–Crippen LogP) is -2.88. The maximum Gasteiger partial charge on any atom is 1.00 e. The number of thiocarbonyl (C=S) groups is 1. The summed E-state index contributed by atoms with van der Waals surface area (Å²) in [6.45, 7) is 4.10. The van der Waals surface area contributed by atoms with Crippen LogP contribution in [0.1, 0.15) is 6.42 Å². The van der Waals surface area contributed by atoms with Crippen LogP contribution < -0.4 is 34.9 Å². The van der Waals surface area contributed by atoms with Gasteiger partial charge in [0.15, 0.2) is 0 Å². The third-order valence-corrected chi connectivity index (χ3v) is 2.11. The molecule has 0 aromatic rings. The summed E-state index contributed by atoms with van der Waals surface area (Å²) in [6, 6.07) is 0. The van der Waals surface area contributed by atoms with Crippen LogP contribution in [0.3, 0.4) is 0 Å². The molecular weight excluding hydrogens is 187 g/mol. The van der Waals surface area contributed by atoms with E-state index < -0.39 is 0 Å². The van der Waals surface area contributed by atoms with Gasteiger partial charge in [-0.3, -0.25) is 0 Å². The summed E-state index contributed by atoms with van der Waals surface area (Å²) in [6.07, 6.45) is 1.15. The average Bonchev–Trinajstić information content (AvgIpc) is 2.12. The standard InChI is InChI=1S/C6H12N2S2.Na/c9-6(10)8-4-1-2-7-3-5-8;/h7H,1-5H2,(H,9,10);/q;+1/p-1. The topological polar surface area (TPSA) is 15.3 Å². The van der Waals surface area contributed by atoms with Gasteiger partial charge in [-0.15, -0.1) is 0 Å². The monoisotopic (exact) mass is 198 g/mol. The zero-order valence-corrected chi connectivity index (χ0v) is 10.4. The fraction of sp³-hybridized carbons (Fsp3) is 0.833. The molecule has 5 heteroatoms. The van der Waals surface area contributed by atoms with E-state index in [0.29, 0.717) is 4.32 Å². The molecule has 58 valence electrons. The van der Waals surface area contributed by atoms with Crippen molar-refractivity contribution in [2.24, 2.45) is 0 Å². The van der Waals surface area contributed by atoms with Crippen molar-refractivity contribution in [2.45, 2.75) is 6.42 Å². The molecule has 0 aromatic heterocycles. The van der Waals surface area contributed by atoms with E-state index in [0.717, 1.165) is 32.6 Å². The van der Waals surface area contributed by atoms with Gasteiger partial charge in [0.05, 0.1) is 0 Å². The molecule has 0 bridgehead atoms. The van der Waals surface area contributed by atoms with Crippen molar-refractivity contribution >= 4 is 29.2 Å². The second-order valence-electron chi connectivity index (χ2n) is 2.36. The van der Waals surface area contributed by atoms with E-state index in [-0.39, 0.29) is 29.6 Å². The number of nitrogens with zero attached hydrogens (tertiary/aromatic N) is 1. The summed E-state index contributed by atoms with van der Waals surface area (Å²) >= 11 is 9.78. The van der Waals surface area contributed by atoms with E-state index in [2.05, 4.69) is 10.2 Å². The van der Waals surface area contributed by atoms with Crippen LogP contribution >= 0.6 is 12.2 Å². The van der Waals surface area contributed by atoms with Crippen molar-refractivity contribution in [1.29, 1.82) is 0 Å². The Labute approximate surface area is 101 Å². The first-order valence-corrected chi connectivity index (χ1v) is 4.29. The molecule has 0 aromatic carbocycles. The van der Waals surface area contributed by atoms with E-state index in [1.165, 1.54) is 0 Å². The SMILES string of the molecule is S=C([S-])N1CCCNCC1.[Na+]. The van der Waals surface area contributed by atoms with Gasteiger partial charge in [-0.05, 0) is 13.0 Å². The summed E-state index contributed by atoms with van der Waals surface area (Å²) in [5.41, 5.74) is 0.